The maximum absolute atomic E-state index is 12.2. The molecule has 1 aliphatic carbocycles. The van der Waals surface area contributed by atoms with Crippen LogP contribution >= 0.6 is 0 Å². The second kappa shape index (κ2) is 8.44. The molecule has 2 rings (SSSR count). The molecule has 1 aromatic carbocycles. The molecule has 0 N–H and O–H groups in total. The van der Waals surface area contributed by atoms with E-state index in [1.807, 2.05) is 31.2 Å². The van der Waals surface area contributed by atoms with Crippen molar-refractivity contribution in [1.82, 2.24) is 0 Å². The van der Waals surface area contributed by atoms with Gasteiger partial charge < -0.3 is 4.74 Å². The van der Waals surface area contributed by atoms with Gasteiger partial charge in [0, 0.05) is 0 Å². The molecule has 1 unspecified atom stereocenters. The minimum atomic E-state index is -1.43. The van der Waals surface area contributed by atoms with E-state index in [2.05, 4.69) is 6.92 Å². The Morgan fingerprint density at radius 3 is 2.32 bits per heavy atom. The summed E-state index contributed by atoms with van der Waals surface area (Å²) in [6, 6.07) is 7.68. The van der Waals surface area contributed by atoms with E-state index in [1.54, 1.807) is 0 Å². The molecule has 5 heteroatoms. The zero-order chi connectivity index (χ0) is 15.9. The molecule has 1 saturated carbocycles. The van der Waals surface area contributed by atoms with Crippen LogP contribution in [0.4, 0.5) is 0 Å². The van der Waals surface area contributed by atoms with Gasteiger partial charge in [-0.25, -0.2) is 4.21 Å². The average Bonchev–Trinajstić information content (AvgIpc) is 2.55. The molecule has 1 fully saturated rings. The highest BCUT2D eigenvalue weighted by Crippen LogP contribution is 2.28. The van der Waals surface area contributed by atoms with Crippen LogP contribution in [0.1, 0.15) is 45.1 Å². The third-order valence-electron chi connectivity index (χ3n) is 4.04. The van der Waals surface area contributed by atoms with E-state index in [-0.39, 0.29) is 18.0 Å². The summed E-state index contributed by atoms with van der Waals surface area (Å²) < 4.78 is 22.9. The van der Waals surface area contributed by atoms with E-state index >= 15 is 0 Å². The van der Waals surface area contributed by atoms with Crippen LogP contribution in [0.3, 0.4) is 0 Å². The Labute approximate surface area is 134 Å². The van der Waals surface area contributed by atoms with Crippen LogP contribution in [0, 0.1) is 5.92 Å². The van der Waals surface area contributed by atoms with Crippen LogP contribution in [-0.2, 0) is 31.2 Å². The molecule has 0 bridgehead atoms. The van der Waals surface area contributed by atoms with E-state index in [1.165, 1.54) is 5.56 Å². The molecule has 4 nitrogen and oxygen atoms in total. The van der Waals surface area contributed by atoms with Crippen molar-refractivity contribution in [3.05, 3.63) is 29.8 Å². The van der Waals surface area contributed by atoms with Crippen LogP contribution in [-0.4, -0.2) is 22.9 Å². The zero-order valence-electron chi connectivity index (χ0n) is 13.2. The first-order valence-electron chi connectivity index (χ1n) is 7.98. The maximum atomic E-state index is 12.2. The molecule has 0 aliphatic heterocycles. The molecule has 122 valence electrons. The molecule has 1 aromatic rings. The van der Waals surface area contributed by atoms with E-state index < -0.39 is 11.1 Å². The lowest BCUT2D eigenvalue weighted by Gasteiger charge is -2.26. The van der Waals surface area contributed by atoms with Crippen molar-refractivity contribution in [1.29, 1.82) is 0 Å². The number of carbonyl (C=O) groups is 1. The predicted octanol–water partition coefficient (Wildman–Crippen LogP) is 3.41. The predicted molar refractivity (Wildman–Crippen MR) is 85.7 cm³/mol. The second-order valence-corrected chi connectivity index (χ2v) is 6.69. The largest absolute Gasteiger partial charge is 0.466 e. The van der Waals surface area contributed by atoms with Gasteiger partial charge in [-0.3, -0.25) is 8.98 Å². The maximum Gasteiger partial charge on any atom is 0.308 e. The summed E-state index contributed by atoms with van der Waals surface area (Å²) >= 11 is -1.43. The lowest BCUT2D eigenvalue weighted by atomic mass is 9.87. The van der Waals surface area contributed by atoms with Crippen LogP contribution in [0.25, 0.3) is 0 Å². The van der Waals surface area contributed by atoms with Gasteiger partial charge in [-0.15, -0.1) is 0 Å². The smallest absolute Gasteiger partial charge is 0.308 e. The Morgan fingerprint density at radius 1 is 1.14 bits per heavy atom. The van der Waals surface area contributed by atoms with E-state index in [0.717, 1.165) is 32.1 Å². The quantitative estimate of drug-likeness (QED) is 0.753. The summed E-state index contributed by atoms with van der Waals surface area (Å²) in [5.74, 6) is -0.144. The van der Waals surface area contributed by atoms with E-state index in [0.29, 0.717) is 11.5 Å². The SMILES string of the molecule is CCOC(=O)C1CCC(OS(=O)c2ccc(CC)cc2)CC1. The van der Waals surface area contributed by atoms with Gasteiger partial charge in [0.25, 0.3) is 0 Å². The van der Waals surface area contributed by atoms with E-state index in [4.69, 9.17) is 8.92 Å². The summed E-state index contributed by atoms with van der Waals surface area (Å²) in [7, 11) is 0. The summed E-state index contributed by atoms with van der Waals surface area (Å²) in [6.45, 7) is 4.33. The summed E-state index contributed by atoms with van der Waals surface area (Å²) in [6.07, 6.45) is 3.92. The number of rotatable bonds is 6. The highest BCUT2D eigenvalue weighted by molar-refractivity contribution is 7.80. The Hall–Kier alpha value is -1.20. The van der Waals surface area contributed by atoms with Crippen LogP contribution in [0.15, 0.2) is 29.2 Å². The minimum Gasteiger partial charge on any atom is -0.466 e. The number of aryl methyl sites for hydroxylation is 1. The highest BCUT2D eigenvalue weighted by atomic mass is 32.2. The summed E-state index contributed by atoms with van der Waals surface area (Å²) in [4.78, 5) is 12.4. The average molecular weight is 324 g/mol. The molecule has 0 radical (unpaired) electrons. The van der Waals surface area contributed by atoms with Crippen molar-refractivity contribution in [2.24, 2.45) is 5.92 Å². The van der Waals surface area contributed by atoms with Gasteiger partial charge >= 0.3 is 5.97 Å². The number of hydrogen-bond acceptors (Lipinski definition) is 4. The lowest BCUT2D eigenvalue weighted by Crippen LogP contribution is -2.28. The van der Waals surface area contributed by atoms with Crippen LogP contribution in [0.5, 0.6) is 0 Å². The number of esters is 1. The van der Waals surface area contributed by atoms with Crippen molar-refractivity contribution in [2.75, 3.05) is 6.61 Å². The monoisotopic (exact) mass is 324 g/mol. The molecular formula is C17H24O4S. The van der Waals surface area contributed by atoms with Gasteiger partial charge in [-0.05, 0) is 56.7 Å². The van der Waals surface area contributed by atoms with Gasteiger partial charge in [-0.2, -0.15) is 0 Å². The number of carbonyl (C=O) groups excluding carboxylic acids is 1. The first kappa shape index (κ1) is 17.2. The lowest BCUT2D eigenvalue weighted by molar-refractivity contribution is -0.149. The van der Waals surface area contributed by atoms with Crippen LogP contribution in [0.2, 0.25) is 0 Å². The summed E-state index contributed by atoms with van der Waals surface area (Å²) in [5, 5.41) is 0. The Balaban J connectivity index is 1.82. The van der Waals surface area contributed by atoms with Crippen molar-refractivity contribution in [3.63, 3.8) is 0 Å². The van der Waals surface area contributed by atoms with Crippen molar-refractivity contribution >= 4 is 17.0 Å². The standard InChI is InChI=1S/C17H24O4S/c1-3-13-5-11-16(12-6-13)22(19)21-15-9-7-14(8-10-15)17(18)20-4-2/h5-6,11-12,14-15H,3-4,7-10H2,1-2H3. The number of ether oxygens (including phenoxy) is 1. The number of benzene rings is 1. The highest BCUT2D eigenvalue weighted by Gasteiger charge is 2.28. The molecule has 0 aromatic heterocycles. The first-order chi connectivity index (χ1) is 10.6. The second-order valence-electron chi connectivity index (χ2n) is 5.55. The Kier molecular flexibility index (Phi) is 6.58. The molecular weight excluding hydrogens is 300 g/mol. The van der Waals surface area contributed by atoms with Crippen molar-refractivity contribution in [3.8, 4) is 0 Å². The third-order valence-corrected chi connectivity index (χ3v) is 5.15. The minimum absolute atomic E-state index is 0.0305. The van der Waals surface area contributed by atoms with Gasteiger partial charge in [-0.1, -0.05) is 19.1 Å². The van der Waals surface area contributed by atoms with E-state index in [9.17, 15) is 9.00 Å². The fraction of sp³-hybridized carbons (Fsp3) is 0.588. The van der Waals surface area contributed by atoms with Crippen molar-refractivity contribution < 1.29 is 17.9 Å². The zero-order valence-corrected chi connectivity index (χ0v) is 14.1. The van der Waals surface area contributed by atoms with Crippen LogP contribution < -0.4 is 0 Å². The topological polar surface area (TPSA) is 52.6 Å². The summed E-state index contributed by atoms with van der Waals surface area (Å²) in [5.41, 5.74) is 1.22. The molecule has 1 aliphatic rings. The molecule has 0 spiro atoms. The normalized spacial score (nSPS) is 23.0. The first-order valence-corrected chi connectivity index (χ1v) is 9.06. The van der Waals surface area contributed by atoms with Gasteiger partial charge in [0.15, 0.2) is 11.1 Å². The molecule has 0 heterocycles. The van der Waals surface area contributed by atoms with Gasteiger partial charge in [0.05, 0.1) is 23.5 Å². The molecule has 1 atom stereocenters. The fourth-order valence-electron chi connectivity index (χ4n) is 2.67. The third kappa shape index (κ3) is 4.65. The van der Waals surface area contributed by atoms with Gasteiger partial charge in [0.1, 0.15) is 0 Å². The fourth-order valence-corrected chi connectivity index (χ4v) is 3.58. The molecule has 22 heavy (non-hydrogen) atoms. The van der Waals surface area contributed by atoms with Gasteiger partial charge in [0.2, 0.25) is 0 Å². The Morgan fingerprint density at radius 2 is 1.77 bits per heavy atom. The Bertz CT molecular complexity index is 504. The molecule has 0 saturated heterocycles. The molecule has 0 amide bonds. The van der Waals surface area contributed by atoms with Crippen molar-refractivity contribution in [2.45, 2.75) is 57.0 Å². The number of hydrogen-bond donors (Lipinski definition) is 0.